The van der Waals surface area contributed by atoms with Crippen molar-refractivity contribution in [2.75, 3.05) is 5.32 Å². The lowest BCUT2D eigenvalue weighted by molar-refractivity contribution is 0.102. The molecule has 26 heavy (non-hydrogen) atoms. The molecule has 0 saturated carbocycles. The molecule has 0 aliphatic heterocycles. The highest BCUT2D eigenvalue weighted by Crippen LogP contribution is 2.20. The second kappa shape index (κ2) is 7.07. The lowest BCUT2D eigenvalue weighted by Gasteiger charge is -2.04. The van der Waals surface area contributed by atoms with E-state index in [1.54, 1.807) is 29.1 Å². The highest BCUT2D eigenvalue weighted by atomic mass is 35.5. The van der Waals surface area contributed by atoms with Crippen molar-refractivity contribution in [1.82, 2.24) is 19.4 Å². The van der Waals surface area contributed by atoms with Gasteiger partial charge >= 0.3 is 0 Å². The van der Waals surface area contributed by atoms with Gasteiger partial charge in [-0.1, -0.05) is 34.3 Å². The van der Waals surface area contributed by atoms with Gasteiger partial charge in [0.1, 0.15) is 5.69 Å². The molecule has 0 bridgehead atoms. The number of aromatic nitrogens is 4. The first-order valence-electron chi connectivity index (χ1n) is 7.69. The number of nitrogens with zero attached hydrogens (tertiary/aromatic N) is 4. The third-order valence-corrected chi connectivity index (χ3v) is 4.43. The number of benzene rings is 2. The maximum atomic E-state index is 12.4. The van der Waals surface area contributed by atoms with Gasteiger partial charge in [0, 0.05) is 27.9 Å². The molecule has 0 saturated heterocycles. The van der Waals surface area contributed by atoms with Crippen LogP contribution in [0.25, 0.3) is 16.9 Å². The van der Waals surface area contributed by atoms with Gasteiger partial charge < -0.3 is 5.32 Å². The molecule has 0 spiro atoms. The molecule has 4 rings (SSSR count). The predicted octanol–water partition coefficient (Wildman–Crippen LogP) is 4.30. The van der Waals surface area contributed by atoms with Crippen molar-refractivity contribution in [3.05, 3.63) is 76.9 Å². The lowest BCUT2D eigenvalue weighted by atomic mass is 10.1. The summed E-state index contributed by atoms with van der Waals surface area (Å²) in [5.74, 6) is -0.283. The Bertz CT molecular complexity index is 1040. The molecule has 0 aliphatic carbocycles. The van der Waals surface area contributed by atoms with Crippen LogP contribution in [0.15, 0.2) is 66.2 Å². The third-order valence-electron chi connectivity index (χ3n) is 3.69. The first-order chi connectivity index (χ1) is 12.7. The minimum Gasteiger partial charge on any atom is -0.321 e. The largest absolute Gasteiger partial charge is 0.321 e. The van der Waals surface area contributed by atoms with Gasteiger partial charge in [0.15, 0.2) is 5.69 Å². The number of carbonyl (C=O) groups excluding carboxylic acids is 1. The number of hydrogen-bond acceptors (Lipinski definition) is 5. The number of halogens is 1. The molecule has 0 unspecified atom stereocenters. The zero-order valence-electron chi connectivity index (χ0n) is 13.3. The molecule has 8 heteroatoms. The fraction of sp³-hybridized carbons (Fsp3) is 0. The monoisotopic (exact) mass is 381 g/mol. The molecule has 0 atom stereocenters. The maximum Gasteiger partial charge on any atom is 0.276 e. The van der Waals surface area contributed by atoms with Gasteiger partial charge in [0.05, 0.1) is 5.69 Å². The summed E-state index contributed by atoms with van der Waals surface area (Å²) in [6.45, 7) is 0. The molecule has 0 fully saturated rings. The topological polar surface area (TPSA) is 72.7 Å². The molecule has 128 valence electrons. The Balaban J connectivity index is 1.48. The molecule has 2 aromatic heterocycles. The van der Waals surface area contributed by atoms with Crippen LogP contribution in [0.2, 0.25) is 5.02 Å². The SMILES string of the molecule is O=C(Nc1ccc(-c2csnn2)cc1)c1ccn(-c2cccc(Cl)c2)n1. The van der Waals surface area contributed by atoms with Crippen LogP contribution < -0.4 is 5.32 Å². The summed E-state index contributed by atoms with van der Waals surface area (Å²) < 4.78 is 5.46. The highest BCUT2D eigenvalue weighted by Gasteiger charge is 2.11. The molecule has 2 heterocycles. The van der Waals surface area contributed by atoms with Crippen molar-refractivity contribution in [3.8, 4) is 16.9 Å². The van der Waals surface area contributed by atoms with E-state index in [9.17, 15) is 4.79 Å². The van der Waals surface area contributed by atoms with Crippen LogP contribution in [0.1, 0.15) is 10.5 Å². The van der Waals surface area contributed by atoms with Crippen LogP contribution in [0, 0.1) is 0 Å². The summed E-state index contributed by atoms with van der Waals surface area (Å²) in [5.41, 5.74) is 3.55. The lowest BCUT2D eigenvalue weighted by Crippen LogP contribution is -2.13. The Hall–Kier alpha value is -3.03. The summed E-state index contributed by atoms with van der Waals surface area (Å²) in [6, 6.07) is 16.3. The molecule has 0 radical (unpaired) electrons. The molecule has 2 aromatic carbocycles. The van der Waals surface area contributed by atoms with Gasteiger partial charge in [0.2, 0.25) is 0 Å². The van der Waals surface area contributed by atoms with Gasteiger partial charge in [-0.15, -0.1) is 5.10 Å². The van der Waals surface area contributed by atoms with Crippen molar-refractivity contribution < 1.29 is 4.79 Å². The van der Waals surface area contributed by atoms with Crippen molar-refractivity contribution in [2.45, 2.75) is 0 Å². The van der Waals surface area contributed by atoms with E-state index in [1.165, 1.54) is 11.5 Å². The van der Waals surface area contributed by atoms with E-state index >= 15 is 0 Å². The highest BCUT2D eigenvalue weighted by molar-refractivity contribution is 7.03. The Morgan fingerprint density at radius 3 is 2.69 bits per heavy atom. The van der Waals surface area contributed by atoms with Gasteiger partial charge in [-0.25, -0.2) is 4.68 Å². The smallest absolute Gasteiger partial charge is 0.276 e. The van der Waals surface area contributed by atoms with Crippen molar-refractivity contribution >= 4 is 34.7 Å². The normalized spacial score (nSPS) is 10.7. The van der Waals surface area contributed by atoms with Crippen molar-refractivity contribution in [3.63, 3.8) is 0 Å². The van der Waals surface area contributed by atoms with Gasteiger partial charge in [-0.3, -0.25) is 4.79 Å². The van der Waals surface area contributed by atoms with E-state index < -0.39 is 0 Å². The fourth-order valence-electron chi connectivity index (χ4n) is 2.42. The number of anilines is 1. The predicted molar refractivity (Wildman–Crippen MR) is 102 cm³/mol. The van der Waals surface area contributed by atoms with Gasteiger partial charge in [-0.2, -0.15) is 5.10 Å². The number of rotatable bonds is 4. The van der Waals surface area contributed by atoms with Crippen LogP contribution in [0.4, 0.5) is 5.69 Å². The summed E-state index contributed by atoms with van der Waals surface area (Å²) in [4.78, 5) is 12.4. The van der Waals surface area contributed by atoms with E-state index in [2.05, 4.69) is 20.0 Å². The number of carbonyl (C=O) groups is 1. The molecule has 1 N–H and O–H groups in total. The Morgan fingerprint density at radius 2 is 1.96 bits per heavy atom. The zero-order valence-corrected chi connectivity index (χ0v) is 14.9. The maximum absolute atomic E-state index is 12.4. The molecule has 1 amide bonds. The second-order valence-electron chi connectivity index (χ2n) is 5.45. The van der Waals surface area contributed by atoms with Crippen molar-refractivity contribution in [2.24, 2.45) is 0 Å². The third kappa shape index (κ3) is 3.49. The van der Waals surface area contributed by atoms with E-state index in [-0.39, 0.29) is 5.91 Å². The molecule has 4 aromatic rings. The Kier molecular flexibility index (Phi) is 4.47. The number of hydrogen-bond donors (Lipinski definition) is 1. The van der Waals surface area contributed by atoms with Crippen LogP contribution in [-0.2, 0) is 0 Å². The minimum absolute atomic E-state index is 0.283. The van der Waals surface area contributed by atoms with E-state index in [4.69, 9.17) is 11.6 Å². The first-order valence-corrected chi connectivity index (χ1v) is 8.91. The van der Waals surface area contributed by atoms with E-state index in [0.29, 0.717) is 16.4 Å². The Morgan fingerprint density at radius 1 is 1.12 bits per heavy atom. The zero-order chi connectivity index (χ0) is 17.9. The standard InChI is InChI=1S/C18H12ClN5OS/c19-13-2-1-3-15(10-13)24-9-8-16(22-24)18(25)20-14-6-4-12(5-7-14)17-11-26-23-21-17/h1-11H,(H,20,25). The molecule has 6 nitrogen and oxygen atoms in total. The summed E-state index contributed by atoms with van der Waals surface area (Å²) in [6.07, 6.45) is 1.72. The van der Waals surface area contributed by atoms with Crippen LogP contribution in [0.3, 0.4) is 0 Å². The molecule has 0 aliphatic rings. The number of nitrogens with one attached hydrogen (secondary N) is 1. The average molecular weight is 382 g/mol. The van der Waals surface area contributed by atoms with Crippen LogP contribution in [0.5, 0.6) is 0 Å². The molecular weight excluding hydrogens is 370 g/mol. The van der Waals surface area contributed by atoms with Crippen LogP contribution in [-0.4, -0.2) is 25.3 Å². The van der Waals surface area contributed by atoms with Gasteiger partial charge in [0.25, 0.3) is 5.91 Å². The quantitative estimate of drug-likeness (QED) is 0.572. The van der Waals surface area contributed by atoms with E-state index in [0.717, 1.165) is 16.9 Å². The van der Waals surface area contributed by atoms with Crippen molar-refractivity contribution in [1.29, 1.82) is 0 Å². The summed E-state index contributed by atoms with van der Waals surface area (Å²) in [5, 5.41) is 13.6. The van der Waals surface area contributed by atoms with E-state index in [1.807, 2.05) is 41.8 Å². The van der Waals surface area contributed by atoms with Gasteiger partial charge in [-0.05, 0) is 47.9 Å². The Labute approximate surface area is 158 Å². The summed E-state index contributed by atoms with van der Waals surface area (Å²) in [7, 11) is 0. The second-order valence-corrected chi connectivity index (χ2v) is 6.49. The average Bonchev–Trinajstić information content (AvgIpc) is 3.35. The minimum atomic E-state index is -0.283. The fourth-order valence-corrected chi connectivity index (χ4v) is 3.07. The first kappa shape index (κ1) is 16.4. The molecular formula is C18H12ClN5OS. The van der Waals surface area contributed by atoms with Crippen LogP contribution >= 0.6 is 23.1 Å². The number of amides is 1. The summed E-state index contributed by atoms with van der Waals surface area (Å²) >= 11 is 7.29.